The quantitative estimate of drug-likeness (QED) is 0.768. The lowest BCUT2D eigenvalue weighted by molar-refractivity contribution is 0.233. The Hall–Kier alpha value is -0.490. The van der Waals surface area contributed by atoms with E-state index in [-0.39, 0.29) is 18.5 Å². The van der Waals surface area contributed by atoms with Crippen LogP contribution in [0, 0.1) is 5.82 Å². The van der Waals surface area contributed by atoms with E-state index in [1.54, 1.807) is 6.07 Å². The second-order valence-corrected chi connectivity index (χ2v) is 5.24. The molecule has 0 radical (unpaired) electrons. The van der Waals surface area contributed by atoms with Crippen molar-refractivity contribution in [2.45, 2.75) is 19.9 Å². The van der Waals surface area contributed by atoms with Crippen LogP contribution in [0.1, 0.15) is 25.5 Å². The summed E-state index contributed by atoms with van der Waals surface area (Å²) in [5, 5.41) is 12.8. The van der Waals surface area contributed by atoms with Crippen LogP contribution in [0.25, 0.3) is 0 Å². The Morgan fingerprint density at radius 1 is 1.37 bits per heavy atom. The molecule has 0 spiro atoms. The summed E-state index contributed by atoms with van der Waals surface area (Å²) in [7, 11) is 0. The second kappa shape index (κ2) is 8.64. The van der Waals surface area contributed by atoms with Crippen molar-refractivity contribution in [2.75, 3.05) is 32.8 Å². The van der Waals surface area contributed by atoms with Crippen LogP contribution in [-0.2, 0) is 0 Å². The molecular weight excluding hydrogens is 311 g/mol. The molecule has 1 atom stereocenters. The van der Waals surface area contributed by atoms with Crippen LogP contribution >= 0.6 is 15.9 Å². The minimum Gasteiger partial charge on any atom is -0.394 e. The third-order valence-electron chi connectivity index (χ3n) is 3.23. The average Bonchev–Trinajstić information content (AvgIpc) is 2.40. The number of rotatable bonds is 8. The van der Waals surface area contributed by atoms with Gasteiger partial charge in [-0.2, -0.15) is 0 Å². The first-order chi connectivity index (χ1) is 9.12. The zero-order valence-corrected chi connectivity index (χ0v) is 13.1. The fraction of sp³-hybridized carbons (Fsp3) is 0.571. The van der Waals surface area contributed by atoms with E-state index in [1.165, 1.54) is 12.1 Å². The predicted octanol–water partition coefficient (Wildman–Crippen LogP) is 2.55. The molecule has 3 nitrogen and oxygen atoms in total. The largest absolute Gasteiger partial charge is 0.394 e. The number of nitrogens with zero attached hydrogens (tertiary/aromatic N) is 1. The van der Waals surface area contributed by atoms with E-state index in [0.29, 0.717) is 4.47 Å². The molecule has 0 heterocycles. The highest BCUT2D eigenvalue weighted by molar-refractivity contribution is 9.10. The zero-order chi connectivity index (χ0) is 14.3. The van der Waals surface area contributed by atoms with Gasteiger partial charge in [-0.25, -0.2) is 4.39 Å². The normalized spacial score (nSPS) is 12.9. The number of hydrogen-bond acceptors (Lipinski definition) is 3. The van der Waals surface area contributed by atoms with E-state index in [4.69, 9.17) is 0 Å². The molecule has 0 aliphatic carbocycles. The van der Waals surface area contributed by atoms with E-state index < -0.39 is 0 Å². The van der Waals surface area contributed by atoms with Gasteiger partial charge in [0.05, 0.1) is 12.6 Å². The first-order valence-electron chi connectivity index (χ1n) is 6.63. The lowest BCUT2D eigenvalue weighted by Gasteiger charge is -2.22. The smallest absolute Gasteiger partial charge is 0.124 e. The standard InChI is InChI=1S/C14H22BrFN2O/c1-3-18(4-2)8-7-17-14(10-19)12-6-5-11(16)9-13(12)15/h5-6,9,14,17,19H,3-4,7-8,10H2,1-2H3. The number of halogens is 2. The first kappa shape index (κ1) is 16.6. The maximum absolute atomic E-state index is 13.0. The number of aliphatic hydroxyl groups is 1. The molecular formula is C14H22BrFN2O. The van der Waals surface area contributed by atoms with Gasteiger partial charge in [0.2, 0.25) is 0 Å². The number of aliphatic hydroxyl groups excluding tert-OH is 1. The molecule has 2 N–H and O–H groups in total. The van der Waals surface area contributed by atoms with Gasteiger partial charge in [0.15, 0.2) is 0 Å². The lowest BCUT2D eigenvalue weighted by atomic mass is 10.1. The minimum atomic E-state index is -0.282. The van der Waals surface area contributed by atoms with Crippen molar-refractivity contribution in [1.82, 2.24) is 10.2 Å². The van der Waals surface area contributed by atoms with Crippen LogP contribution < -0.4 is 5.32 Å². The molecule has 1 aromatic rings. The molecule has 19 heavy (non-hydrogen) atoms. The molecule has 1 unspecified atom stereocenters. The van der Waals surface area contributed by atoms with Gasteiger partial charge in [-0.05, 0) is 30.8 Å². The van der Waals surface area contributed by atoms with Crippen molar-refractivity contribution in [3.63, 3.8) is 0 Å². The first-order valence-corrected chi connectivity index (χ1v) is 7.43. The van der Waals surface area contributed by atoms with Crippen molar-refractivity contribution in [2.24, 2.45) is 0 Å². The fourth-order valence-electron chi connectivity index (χ4n) is 1.99. The third kappa shape index (κ3) is 5.18. The van der Waals surface area contributed by atoms with Gasteiger partial charge >= 0.3 is 0 Å². The Kier molecular flexibility index (Phi) is 7.53. The summed E-state index contributed by atoms with van der Waals surface area (Å²) in [6.07, 6.45) is 0. The van der Waals surface area contributed by atoms with Crippen molar-refractivity contribution in [3.8, 4) is 0 Å². The molecule has 0 aromatic heterocycles. The Morgan fingerprint density at radius 2 is 2.05 bits per heavy atom. The molecule has 1 aromatic carbocycles. The molecule has 0 saturated carbocycles. The molecule has 5 heteroatoms. The van der Waals surface area contributed by atoms with Gasteiger partial charge in [0.1, 0.15) is 5.82 Å². The number of likely N-dealkylation sites (N-methyl/N-ethyl adjacent to an activating group) is 1. The third-order valence-corrected chi connectivity index (χ3v) is 3.92. The Labute approximate surface area is 122 Å². The molecule has 0 bridgehead atoms. The lowest BCUT2D eigenvalue weighted by Crippen LogP contribution is -2.34. The summed E-state index contributed by atoms with van der Waals surface area (Å²) in [6, 6.07) is 4.36. The monoisotopic (exact) mass is 332 g/mol. The molecule has 108 valence electrons. The van der Waals surface area contributed by atoms with Crippen molar-refractivity contribution < 1.29 is 9.50 Å². The Morgan fingerprint density at radius 3 is 2.58 bits per heavy atom. The van der Waals surface area contributed by atoms with Crippen molar-refractivity contribution >= 4 is 15.9 Å². The van der Waals surface area contributed by atoms with Crippen LogP contribution in [-0.4, -0.2) is 42.8 Å². The maximum Gasteiger partial charge on any atom is 0.124 e. The highest BCUT2D eigenvalue weighted by atomic mass is 79.9. The molecule has 0 saturated heterocycles. The van der Waals surface area contributed by atoms with Crippen LogP contribution in [0.3, 0.4) is 0 Å². The SMILES string of the molecule is CCN(CC)CCNC(CO)c1ccc(F)cc1Br. The zero-order valence-electron chi connectivity index (χ0n) is 11.5. The van der Waals surface area contributed by atoms with E-state index in [9.17, 15) is 9.50 Å². The number of nitrogens with one attached hydrogen (secondary N) is 1. The molecule has 0 fully saturated rings. The van der Waals surface area contributed by atoms with Gasteiger partial charge in [0.25, 0.3) is 0 Å². The highest BCUT2D eigenvalue weighted by Crippen LogP contribution is 2.24. The maximum atomic E-state index is 13.0. The predicted molar refractivity (Wildman–Crippen MR) is 79.7 cm³/mol. The van der Waals surface area contributed by atoms with E-state index in [1.807, 2.05) is 0 Å². The minimum absolute atomic E-state index is 0.0114. The molecule has 1 rings (SSSR count). The number of hydrogen-bond donors (Lipinski definition) is 2. The summed E-state index contributed by atoms with van der Waals surface area (Å²) in [6.45, 7) is 8.00. The van der Waals surface area contributed by atoms with Crippen LogP contribution in [0.2, 0.25) is 0 Å². The highest BCUT2D eigenvalue weighted by Gasteiger charge is 2.13. The number of benzene rings is 1. The summed E-state index contributed by atoms with van der Waals surface area (Å²) in [4.78, 5) is 2.31. The van der Waals surface area contributed by atoms with Gasteiger partial charge in [-0.3, -0.25) is 0 Å². The second-order valence-electron chi connectivity index (χ2n) is 4.38. The van der Waals surface area contributed by atoms with Crippen LogP contribution in [0.5, 0.6) is 0 Å². The van der Waals surface area contributed by atoms with E-state index in [0.717, 1.165) is 31.7 Å². The summed E-state index contributed by atoms with van der Waals surface area (Å²) >= 11 is 3.34. The van der Waals surface area contributed by atoms with Gasteiger partial charge in [-0.1, -0.05) is 35.8 Å². The average molecular weight is 333 g/mol. The molecule has 0 aliphatic rings. The fourth-order valence-corrected chi connectivity index (χ4v) is 2.62. The van der Waals surface area contributed by atoms with Crippen molar-refractivity contribution in [1.29, 1.82) is 0 Å². The van der Waals surface area contributed by atoms with Crippen LogP contribution in [0.4, 0.5) is 4.39 Å². The summed E-state index contributed by atoms with van der Waals surface area (Å²) < 4.78 is 13.7. The van der Waals surface area contributed by atoms with Crippen molar-refractivity contribution in [3.05, 3.63) is 34.1 Å². The Balaban J connectivity index is 2.58. The van der Waals surface area contributed by atoms with E-state index >= 15 is 0 Å². The summed E-state index contributed by atoms with van der Waals surface area (Å²) in [5.74, 6) is -0.282. The van der Waals surface area contributed by atoms with E-state index in [2.05, 4.69) is 40.0 Å². The van der Waals surface area contributed by atoms with Gasteiger partial charge in [0, 0.05) is 17.6 Å². The molecule has 0 aliphatic heterocycles. The molecule has 0 amide bonds. The van der Waals surface area contributed by atoms with Crippen LogP contribution in [0.15, 0.2) is 22.7 Å². The van der Waals surface area contributed by atoms with Gasteiger partial charge < -0.3 is 15.3 Å². The van der Waals surface area contributed by atoms with Gasteiger partial charge in [-0.15, -0.1) is 0 Å². The topological polar surface area (TPSA) is 35.5 Å². The Bertz CT molecular complexity index is 386. The summed E-state index contributed by atoms with van der Waals surface area (Å²) in [5.41, 5.74) is 0.878.